The first-order valence-electron chi connectivity index (χ1n) is 10.3. The lowest BCUT2D eigenvalue weighted by Gasteiger charge is -2.42. The Kier molecular flexibility index (Phi) is 4.86. The monoisotopic (exact) mass is 385 g/mol. The molecule has 6 nitrogen and oxygen atoms in total. The average Bonchev–Trinajstić information content (AvgIpc) is 3.15. The quantitative estimate of drug-likeness (QED) is 0.850. The van der Waals surface area contributed by atoms with E-state index in [2.05, 4.69) is 34.5 Å². The molecule has 3 aliphatic rings. The van der Waals surface area contributed by atoms with Crippen molar-refractivity contribution in [1.29, 1.82) is 0 Å². The molecule has 1 spiro atoms. The van der Waals surface area contributed by atoms with Crippen LogP contribution in [0.5, 0.6) is 0 Å². The zero-order valence-corrected chi connectivity index (χ0v) is 17.1. The number of hydrogen-bond donors (Lipinski definition) is 1. The summed E-state index contributed by atoms with van der Waals surface area (Å²) in [5, 5.41) is 3.32. The highest BCUT2D eigenvalue weighted by Crippen LogP contribution is 2.44. The summed E-state index contributed by atoms with van der Waals surface area (Å²) in [6.07, 6.45) is 1.36. The number of nitrogens with zero attached hydrogens (tertiary/aromatic N) is 2. The fraction of sp³-hybridized carbons (Fsp3) is 0.636. The van der Waals surface area contributed by atoms with Crippen LogP contribution in [0, 0.1) is 11.8 Å². The SMILES string of the molecule is CC(C)(C)OC(=O)N1CCC2(CC1)NC(=O)[C@H]1CN(Cc3ccccc3)C[C@@H]12. The number of amides is 2. The first-order valence-corrected chi connectivity index (χ1v) is 10.3. The second-order valence-corrected chi connectivity index (χ2v) is 9.51. The first-order chi connectivity index (χ1) is 13.3. The summed E-state index contributed by atoms with van der Waals surface area (Å²) in [5.41, 5.74) is 0.630. The molecule has 4 rings (SSSR count). The second-order valence-electron chi connectivity index (χ2n) is 9.51. The molecule has 0 saturated carbocycles. The summed E-state index contributed by atoms with van der Waals surface area (Å²) < 4.78 is 5.51. The molecule has 152 valence electrons. The van der Waals surface area contributed by atoms with Gasteiger partial charge in [-0.05, 0) is 39.2 Å². The van der Waals surface area contributed by atoms with Crippen LogP contribution >= 0.6 is 0 Å². The Bertz CT molecular complexity index is 735. The number of benzene rings is 1. The van der Waals surface area contributed by atoms with Crippen molar-refractivity contribution in [1.82, 2.24) is 15.1 Å². The molecule has 0 radical (unpaired) electrons. The molecule has 3 heterocycles. The summed E-state index contributed by atoms with van der Waals surface area (Å²) in [6, 6.07) is 10.4. The van der Waals surface area contributed by atoms with Crippen molar-refractivity contribution in [3.8, 4) is 0 Å². The van der Waals surface area contributed by atoms with Gasteiger partial charge in [0.2, 0.25) is 5.91 Å². The van der Waals surface area contributed by atoms with Crippen molar-refractivity contribution in [2.24, 2.45) is 11.8 Å². The lowest BCUT2D eigenvalue weighted by molar-refractivity contribution is -0.123. The number of nitrogens with one attached hydrogen (secondary N) is 1. The minimum absolute atomic E-state index is 0.0665. The summed E-state index contributed by atoms with van der Waals surface area (Å²) >= 11 is 0. The minimum Gasteiger partial charge on any atom is -0.444 e. The lowest BCUT2D eigenvalue weighted by Crippen LogP contribution is -2.56. The molecule has 1 aromatic rings. The van der Waals surface area contributed by atoms with E-state index < -0.39 is 5.60 Å². The molecule has 2 atom stereocenters. The third-order valence-corrected chi connectivity index (χ3v) is 6.37. The number of hydrogen-bond acceptors (Lipinski definition) is 4. The van der Waals surface area contributed by atoms with Gasteiger partial charge in [0.25, 0.3) is 0 Å². The van der Waals surface area contributed by atoms with Gasteiger partial charge in [-0.15, -0.1) is 0 Å². The molecule has 0 bridgehead atoms. The maximum absolute atomic E-state index is 12.7. The number of carbonyl (C=O) groups excluding carboxylic acids is 2. The molecular formula is C22H31N3O3. The molecule has 2 amide bonds. The topological polar surface area (TPSA) is 61.9 Å². The van der Waals surface area contributed by atoms with Gasteiger partial charge in [0.1, 0.15) is 5.60 Å². The van der Waals surface area contributed by atoms with Crippen LogP contribution in [0.2, 0.25) is 0 Å². The zero-order chi connectivity index (χ0) is 19.9. The molecule has 3 fully saturated rings. The number of piperidine rings is 1. The highest BCUT2D eigenvalue weighted by Gasteiger charge is 2.57. The summed E-state index contributed by atoms with van der Waals surface area (Å²) in [7, 11) is 0. The Labute approximate surface area is 167 Å². The Balaban J connectivity index is 1.40. The minimum atomic E-state index is -0.484. The van der Waals surface area contributed by atoms with Crippen LogP contribution < -0.4 is 5.32 Å². The van der Waals surface area contributed by atoms with Crippen LogP contribution in [0.1, 0.15) is 39.2 Å². The van der Waals surface area contributed by atoms with Gasteiger partial charge in [-0.3, -0.25) is 9.69 Å². The standard InChI is InChI=1S/C22H31N3O3/c1-21(2,3)28-20(27)25-11-9-22(10-12-25)18-15-24(14-17(18)19(26)23-22)13-16-7-5-4-6-8-16/h4-8,17-18H,9-15H2,1-3H3,(H,23,26)/t17-,18-/m0/s1. The van der Waals surface area contributed by atoms with E-state index in [4.69, 9.17) is 4.74 Å². The van der Waals surface area contributed by atoms with Crippen molar-refractivity contribution >= 4 is 12.0 Å². The number of ether oxygens (including phenoxy) is 1. The molecule has 0 aliphatic carbocycles. The predicted molar refractivity (Wildman–Crippen MR) is 107 cm³/mol. The Morgan fingerprint density at radius 2 is 1.86 bits per heavy atom. The predicted octanol–water partition coefficient (Wildman–Crippen LogP) is 2.63. The number of carbonyl (C=O) groups is 2. The number of likely N-dealkylation sites (tertiary alicyclic amines) is 2. The Morgan fingerprint density at radius 1 is 1.18 bits per heavy atom. The molecule has 0 aromatic heterocycles. The van der Waals surface area contributed by atoms with Gasteiger partial charge < -0.3 is 15.0 Å². The fourth-order valence-electron chi connectivity index (χ4n) is 5.02. The fourth-order valence-corrected chi connectivity index (χ4v) is 5.02. The third kappa shape index (κ3) is 3.75. The van der Waals surface area contributed by atoms with Crippen molar-refractivity contribution < 1.29 is 14.3 Å². The van der Waals surface area contributed by atoms with E-state index in [0.29, 0.717) is 19.0 Å². The van der Waals surface area contributed by atoms with Gasteiger partial charge in [-0.1, -0.05) is 30.3 Å². The molecule has 3 aliphatic heterocycles. The van der Waals surface area contributed by atoms with Gasteiger partial charge in [0.05, 0.1) is 5.92 Å². The van der Waals surface area contributed by atoms with Gasteiger partial charge in [0.15, 0.2) is 0 Å². The van der Waals surface area contributed by atoms with Crippen LogP contribution in [0.3, 0.4) is 0 Å². The van der Waals surface area contributed by atoms with E-state index in [1.54, 1.807) is 4.90 Å². The smallest absolute Gasteiger partial charge is 0.410 e. The third-order valence-electron chi connectivity index (χ3n) is 6.37. The number of fused-ring (bicyclic) bond motifs is 2. The van der Waals surface area contributed by atoms with Crippen LogP contribution in [-0.2, 0) is 16.1 Å². The molecule has 28 heavy (non-hydrogen) atoms. The first kappa shape index (κ1) is 19.2. The second kappa shape index (κ2) is 7.07. The maximum atomic E-state index is 12.7. The highest BCUT2D eigenvalue weighted by atomic mass is 16.6. The normalized spacial score (nSPS) is 27.0. The van der Waals surface area contributed by atoms with Gasteiger partial charge >= 0.3 is 6.09 Å². The zero-order valence-electron chi connectivity index (χ0n) is 17.1. The molecule has 0 unspecified atom stereocenters. The van der Waals surface area contributed by atoms with Crippen LogP contribution in [-0.4, -0.2) is 59.1 Å². The largest absolute Gasteiger partial charge is 0.444 e. The lowest BCUT2D eigenvalue weighted by atomic mass is 9.75. The van der Waals surface area contributed by atoms with E-state index in [1.807, 2.05) is 26.8 Å². The molecule has 3 saturated heterocycles. The Hall–Kier alpha value is -2.08. The van der Waals surface area contributed by atoms with Gasteiger partial charge in [-0.2, -0.15) is 0 Å². The van der Waals surface area contributed by atoms with Crippen LogP contribution in [0.15, 0.2) is 30.3 Å². The van der Waals surface area contributed by atoms with E-state index in [9.17, 15) is 9.59 Å². The number of rotatable bonds is 2. The van der Waals surface area contributed by atoms with Crippen molar-refractivity contribution in [2.75, 3.05) is 26.2 Å². The van der Waals surface area contributed by atoms with E-state index in [-0.39, 0.29) is 23.5 Å². The van der Waals surface area contributed by atoms with Crippen molar-refractivity contribution in [3.63, 3.8) is 0 Å². The summed E-state index contributed by atoms with van der Waals surface area (Å²) in [5.74, 6) is 0.576. The van der Waals surface area contributed by atoms with E-state index in [0.717, 1.165) is 32.5 Å². The molecule has 1 aromatic carbocycles. The summed E-state index contributed by atoms with van der Waals surface area (Å²) in [6.45, 7) is 9.58. The van der Waals surface area contributed by atoms with Gasteiger partial charge in [0, 0.05) is 44.2 Å². The van der Waals surface area contributed by atoms with Crippen molar-refractivity contribution in [2.45, 2.75) is 51.3 Å². The molecule has 1 N–H and O–H groups in total. The molecule has 6 heteroatoms. The van der Waals surface area contributed by atoms with Gasteiger partial charge in [-0.25, -0.2) is 4.79 Å². The van der Waals surface area contributed by atoms with Crippen LogP contribution in [0.4, 0.5) is 4.79 Å². The highest BCUT2D eigenvalue weighted by molar-refractivity contribution is 5.83. The maximum Gasteiger partial charge on any atom is 0.410 e. The average molecular weight is 386 g/mol. The van der Waals surface area contributed by atoms with E-state index >= 15 is 0 Å². The molecular weight excluding hydrogens is 354 g/mol. The van der Waals surface area contributed by atoms with Crippen molar-refractivity contribution in [3.05, 3.63) is 35.9 Å². The van der Waals surface area contributed by atoms with Crippen LogP contribution in [0.25, 0.3) is 0 Å². The summed E-state index contributed by atoms with van der Waals surface area (Å²) in [4.78, 5) is 29.3. The van der Waals surface area contributed by atoms with E-state index in [1.165, 1.54) is 5.56 Å². The Morgan fingerprint density at radius 3 is 2.50 bits per heavy atom.